The van der Waals surface area contributed by atoms with Gasteiger partial charge in [-0.25, -0.2) is 0 Å². The SMILES string of the molecule is CC1(CNc2ccc(N)cc2I)CCOCC1. The van der Waals surface area contributed by atoms with E-state index in [1.807, 2.05) is 12.1 Å². The van der Waals surface area contributed by atoms with Gasteiger partial charge in [-0.1, -0.05) is 6.92 Å². The summed E-state index contributed by atoms with van der Waals surface area (Å²) in [6.45, 7) is 5.09. The zero-order valence-corrected chi connectivity index (χ0v) is 12.3. The monoisotopic (exact) mass is 346 g/mol. The summed E-state index contributed by atoms with van der Waals surface area (Å²) in [5.74, 6) is 0. The summed E-state index contributed by atoms with van der Waals surface area (Å²) >= 11 is 2.32. The van der Waals surface area contributed by atoms with E-state index in [9.17, 15) is 0 Å². The van der Waals surface area contributed by atoms with E-state index in [0.717, 1.165) is 38.3 Å². The number of ether oxygens (including phenoxy) is 1. The van der Waals surface area contributed by atoms with E-state index in [-0.39, 0.29) is 0 Å². The van der Waals surface area contributed by atoms with E-state index >= 15 is 0 Å². The molecule has 1 fully saturated rings. The molecule has 0 atom stereocenters. The lowest BCUT2D eigenvalue weighted by atomic mass is 9.82. The highest BCUT2D eigenvalue weighted by Crippen LogP contribution is 2.31. The zero-order valence-electron chi connectivity index (χ0n) is 10.1. The Morgan fingerprint density at radius 1 is 1.41 bits per heavy atom. The first-order valence-corrected chi connectivity index (χ1v) is 7.04. The van der Waals surface area contributed by atoms with E-state index in [1.54, 1.807) is 0 Å². The molecule has 0 bridgehead atoms. The quantitative estimate of drug-likeness (QED) is 0.653. The van der Waals surface area contributed by atoms with E-state index in [1.165, 1.54) is 9.26 Å². The highest BCUT2D eigenvalue weighted by molar-refractivity contribution is 14.1. The number of nitrogens with two attached hydrogens (primary N) is 1. The van der Waals surface area contributed by atoms with Crippen molar-refractivity contribution in [3.63, 3.8) is 0 Å². The minimum absolute atomic E-state index is 0.350. The summed E-state index contributed by atoms with van der Waals surface area (Å²) in [4.78, 5) is 0. The standard InChI is InChI=1S/C13H19IN2O/c1-13(4-6-17-7-5-13)9-16-12-3-2-10(15)8-11(12)14/h2-3,8,16H,4-7,9,15H2,1H3. The predicted octanol–water partition coefficient (Wildman–Crippen LogP) is 3.10. The highest BCUT2D eigenvalue weighted by atomic mass is 127. The van der Waals surface area contributed by atoms with E-state index in [0.29, 0.717) is 5.41 Å². The summed E-state index contributed by atoms with van der Waals surface area (Å²) < 4.78 is 6.59. The zero-order chi connectivity index (χ0) is 12.3. The van der Waals surface area contributed by atoms with Crippen molar-refractivity contribution in [1.82, 2.24) is 0 Å². The van der Waals surface area contributed by atoms with Gasteiger partial charge in [0.1, 0.15) is 0 Å². The Labute approximate surface area is 116 Å². The van der Waals surface area contributed by atoms with Crippen LogP contribution in [0.15, 0.2) is 18.2 Å². The molecule has 0 aliphatic carbocycles. The molecule has 0 unspecified atom stereocenters. The van der Waals surface area contributed by atoms with Gasteiger partial charge in [0, 0.05) is 34.7 Å². The molecule has 0 radical (unpaired) electrons. The molecule has 1 heterocycles. The lowest BCUT2D eigenvalue weighted by Crippen LogP contribution is -2.33. The Morgan fingerprint density at radius 3 is 2.76 bits per heavy atom. The van der Waals surface area contributed by atoms with Crippen LogP contribution in [0.5, 0.6) is 0 Å². The largest absolute Gasteiger partial charge is 0.399 e. The first-order valence-electron chi connectivity index (χ1n) is 5.96. The molecule has 1 aromatic rings. The normalized spacial score (nSPS) is 18.9. The van der Waals surface area contributed by atoms with Crippen molar-refractivity contribution in [1.29, 1.82) is 0 Å². The molecule has 0 saturated carbocycles. The summed E-state index contributed by atoms with van der Waals surface area (Å²) in [6, 6.07) is 5.99. The van der Waals surface area contributed by atoms with Gasteiger partial charge < -0.3 is 15.8 Å². The fraction of sp³-hybridized carbons (Fsp3) is 0.538. The van der Waals surface area contributed by atoms with Crippen LogP contribution in [-0.2, 0) is 4.74 Å². The molecule has 1 saturated heterocycles. The number of benzene rings is 1. The third kappa shape index (κ3) is 3.48. The van der Waals surface area contributed by atoms with Crippen molar-refractivity contribution >= 4 is 34.0 Å². The second kappa shape index (κ2) is 5.44. The van der Waals surface area contributed by atoms with Gasteiger partial charge in [-0.15, -0.1) is 0 Å². The molecule has 0 spiro atoms. The number of halogens is 1. The molecular weight excluding hydrogens is 327 g/mol. The van der Waals surface area contributed by atoms with Crippen molar-refractivity contribution in [3.05, 3.63) is 21.8 Å². The average molecular weight is 346 g/mol. The minimum atomic E-state index is 0.350. The molecule has 0 amide bonds. The number of rotatable bonds is 3. The fourth-order valence-corrected chi connectivity index (χ4v) is 2.75. The number of nitrogens with one attached hydrogen (secondary N) is 1. The number of anilines is 2. The molecule has 3 N–H and O–H groups in total. The van der Waals surface area contributed by atoms with Crippen molar-refractivity contribution in [2.75, 3.05) is 30.8 Å². The van der Waals surface area contributed by atoms with Crippen molar-refractivity contribution in [2.24, 2.45) is 5.41 Å². The molecular formula is C13H19IN2O. The topological polar surface area (TPSA) is 47.3 Å². The summed E-state index contributed by atoms with van der Waals surface area (Å²) in [7, 11) is 0. The van der Waals surface area contributed by atoms with E-state index in [4.69, 9.17) is 10.5 Å². The van der Waals surface area contributed by atoms with Crippen LogP contribution in [0.1, 0.15) is 19.8 Å². The molecule has 1 aliphatic rings. The van der Waals surface area contributed by atoms with Gasteiger partial charge in [-0.2, -0.15) is 0 Å². The van der Waals surface area contributed by atoms with Gasteiger partial charge in [-0.3, -0.25) is 0 Å². The third-order valence-corrected chi connectivity index (χ3v) is 4.29. The fourth-order valence-electron chi connectivity index (χ4n) is 2.02. The molecule has 1 aromatic carbocycles. The number of nitrogen functional groups attached to an aromatic ring is 1. The van der Waals surface area contributed by atoms with Gasteiger partial charge in [0.25, 0.3) is 0 Å². The second-order valence-corrected chi connectivity index (χ2v) is 6.18. The Balaban J connectivity index is 1.97. The smallest absolute Gasteiger partial charge is 0.0477 e. The van der Waals surface area contributed by atoms with Gasteiger partial charge in [-0.05, 0) is 59.0 Å². The molecule has 2 rings (SSSR count). The van der Waals surface area contributed by atoms with E-state index < -0.39 is 0 Å². The van der Waals surface area contributed by atoms with Gasteiger partial charge in [0.15, 0.2) is 0 Å². The maximum Gasteiger partial charge on any atom is 0.0477 e. The Kier molecular flexibility index (Phi) is 4.14. The van der Waals surface area contributed by atoms with Crippen molar-refractivity contribution in [2.45, 2.75) is 19.8 Å². The Bertz CT molecular complexity index is 389. The lowest BCUT2D eigenvalue weighted by Gasteiger charge is -2.34. The van der Waals surface area contributed by atoms with Gasteiger partial charge >= 0.3 is 0 Å². The van der Waals surface area contributed by atoms with Crippen molar-refractivity contribution < 1.29 is 4.74 Å². The molecule has 3 nitrogen and oxygen atoms in total. The lowest BCUT2D eigenvalue weighted by molar-refractivity contribution is 0.0300. The highest BCUT2D eigenvalue weighted by Gasteiger charge is 2.27. The first kappa shape index (κ1) is 13.0. The van der Waals surface area contributed by atoms with Crippen LogP contribution >= 0.6 is 22.6 Å². The summed E-state index contributed by atoms with van der Waals surface area (Å²) in [6.07, 6.45) is 2.26. The number of hydrogen-bond acceptors (Lipinski definition) is 3. The van der Waals surface area contributed by atoms with Crippen LogP contribution < -0.4 is 11.1 Å². The maximum atomic E-state index is 5.74. The van der Waals surface area contributed by atoms with Gasteiger partial charge in [0.2, 0.25) is 0 Å². The average Bonchev–Trinajstić information content (AvgIpc) is 2.29. The van der Waals surface area contributed by atoms with Crippen LogP contribution in [0.4, 0.5) is 11.4 Å². The van der Waals surface area contributed by atoms with Crippen LogP contribution in [0, 0.1) is 8.99 Å². The summed E-state index contributed by atoms with van der Waals surface area (Å²) in [5, 5.41) is 3.53. The molecule has 4 heteroatoms. The van der Waals surface area contributed by atoms with Crippen LogP contribution in [0.3, 0.4) is 0 Å². The van der Waals surface area contributed by atoms with Gasteiger partial charge in [0.05, 0.1) is 0 Å². The Morgan fingerprint density at radius 2 is 2.12 bits per heavy atom. The third-order valence-electron chi connectivity index (χ3n) is 3.40. The van der Waals surface area contributed by atoms with Crippen LogP contribution in [-0.4, -0.2) is 19.8 Å². The second-order valence-electron chi connectivity index (χ2n) is 5.02. The first-order chi connectivity index (χ1) is 8.09. The van der Waals surface area contributed by atoms with E-state index in [2.05, 4.69) is 40.9 Å². The van der Waals surface area contributed by atoms with Crippen LogP contribution in [0.25, 0.3) is 0 Å². The maximum absolute atomic E-state index is 5.74. The number of hydrogen-bond donors (Lipinski definition) is 2. The minimum Gasteiger partial charge on any atom is -0.399 e. The predicted molar refractivity (Wildman–Crippen MR) is 80.2 cm³/mol. The molecule has 94 valence electrons. The Hall–Kier alpha value is -0.490. The molecule has 0 aromatic heterocycles. The molecule has 1 aliphatic heterocycles. The molecule has 17 heavy (non-hydrogen) atoms. The summed E-state index contributed by atoms with van der Waals surface area (Å²) in [5.41, 5.74) is 8.08. The van der Waals surface area contributed by atoms with Crippen molar-refractivity contribution in [3.8, 4) is 0 Å². The van der Waals surface area contributed by atoms with Crippen LogP contribution in [0.2, 0.25) is 0 Å².